The fourth-order valence-electron chi connectivity index (χ4n) is 1.68. The van der Waals surface area contributed by atoms with E-state index in [4.69, 9.17) is 0 Å². The maximum Gasteiger partial charge on any atom is 0.0814 e. The Bertz CT molecular complexity index is 122. The van der Waals surface area contributed by atoms with Gasteiger partial charge in [0.2, 0.25) is 0 Å². The molecule has 0 aromatic carbocycles. The molecule has 1 atom stereocenters. The Morgan fingerprint density at radius 1 is 1.44 bits per heavy atom. The smallest absolute Gasteiger partial charge is 0.0814 e. The van der Waals surface area contributed by atoms with E-state index in [1.165, 1.54) is 32.4 Å². The standard InChI is InChI=1S/C6H11IN2/c7-9-5-1-2-6(9)3-4-8-6/h8H,1-5H2. The monoisotopic (exact) mass is 238 g/mol. The van der Waals surface area contributed by atoms with Crippen LogP contribution < -0.4 is 5.32 Å². The second-order valence-electron chi connectivity index (χ2n) is 2.90. The van der Waals surface area contributed by atoms with Crippen molar-refractivity contribution in [3.63, 3.8) is 0 Å². The Kier molecular flexibility index (Phi) is 1.46. The summed E-state index contributed by atoms with van der Waals surface area (Å²) in [4.78, 5) is 0. The first-order valence-corrected chi connectivity index (χ1v) is 4.48. The average molecular weight is 238 g/mol. The van der Waals surface area contributed by atoms with E-state index in [0.717, 1.165) is 0 Å². The van der Waals surface area contributed by atoms with E-state index < -0.39 is 0 Å². The molecule has 2 aliphatic heterocycles. The van der Waals surface area contributed by atoms with E-state index in [2.05, 4.69) is 31.3 Å². The summed E-state index contributed by atoms with van der Waals surface area (Å²) in [5.74, 6) is 0. The van der Waals surface area contributed by atoms with Crippen molar-refractivity contribution < 1.29 is 0 Å². The molecule has 0 saturated carbocycles. The summed E-state index contributed by atoms with van der Waals surface area (Å²) < 4.78 is 2.42. The predicted octanol–water partition coefficient (Wildman–Crippen LogP) is 1.12. The Morgan fingerprint density at radius 2 is 2.22 bits per heavy atom. The third-order valence-corrected chi connectivity index (χ3v) is 3.81. The van der Waals surface area contributed by atoms with Gasteiger partial charge in [-0.25, -0.2) is 3.11 Å². The number of nitrogens with one attached hydrogen (secondary N) is 1. The molecule has 52 valence electrons. The van der Waals surface area contributed by atoms with Crippen LogP contribution in [0.4, 0.5) is 0 Å². The van der Waals surface area contributed by atoms with Crippen molar-refractivity contribution in [1.82, 2.24) is 8.43 Å². The van der Waals surface area contributed by atoms with Gasteiger partial charge in [-0.3, -0.25) is 5.32 Å². The molecule has 2 heterocycles. The average Bonchev–Trinajstić information content (AvgIpc) is 2.07. The van der Waals surface area contributed by atoms with Crippen molar-refractivity contribution in [2.45, 2.75) is 24.9 Å². The van der Waals surface area contributed by atoms with Crippen LogP contribution in [0.5, 0.6) is 0 Å². The highest BCUT2D eigenvalue weighted by atomic mass is 127. The predicted molar refractivity (Wildman–Crippen MR) is 45.3 cm³/mol. The van der Waals surface area contributed by atoms with E-state index in [1.807, 2.05) is 0 Å². The van der Waals surface area contributed by atoms with Crippen molar-refractivity contribution in [3.05, 3.63) is 0 Å². The van der Waals surface area contributed by atoms with E-state index in [-0.39, 0.29) is 0 Å². The molecule has 2 fully saturated rings. The van der Waals surface area contributed by atoms with Gasteiger partial charge in [0.25, 0.3) is 0 Å². The van der Waals surface area contributed by atoms with Crippen molar-refractivity contribution in [2.24, 2.45) is 0 Å². The second kappa shape index (κ2) is 2.07. The Balaban J connectivity index is 2.09. The molecule has 2 aliphatic rings. The van der Waals surface area contributed by atoms with Crippen LogP contribution in [0.2, 0.25) is 0 Å². The van der Waals surface area contributed by atoms with Gasteiger partial charge in [-0.15, -0.1) is 0 Å². The molecule has 0 bridgehead atoms. The van der Waals surface area contributed by atoms with Crippen LogP contribution in [0, 0.1) is 0 Å². The lowest BCUT2D eigenvalue weighted by Gasteiger charge is -2.44. The molecule has 2 nitrogen and oxygen atoms in total. The Hall–Kier alpha value is 0.650. The lowest BCUT2D eigenvalue weighted by atomic mass is 9.97. The zero-order valence-corrected chi connectivity index (χ0v) is 7.52. The van der Waals surface area contributed by atoms with Gasteiger partial charge < -0.3 is 0 Å². The summed E-state index contributed by atoms with van der Waals surface area (Å²) in [6, 6.07) is 0. The molecule has 0 aliphatic carbocycles. The Morgan fingerprint density at radius 3 is 2.44 bits per heavy atom. The fourth-order valence-corrected chi connectivity index (χ4v) is 2.67. The van der Waals surface area contributed by atoms with Gasteiger partial charge in [0.05, 0.1) is 5.66 Å². The summed E-state index contributed by atoms with van der Waals surface area (Å²) in [5.41, 5.74) is 0.445. The number of rotatable bonds is 0. The van der Waals surface area contributed by atoms with Gasteiger partial charge in [-0.05, 0) is 25.8 Å². The normalized spacial score (nSPS) is 43.7. The van der Waals surface area contributed by atoms with E-state index >= 15 is 0 Å². The molecule has 3 heteroatoms. The van der Waals surface area contributed by atoms with Crippen LogP contribution in [-0.2, 0) is 0 Å². The highest BCUT2D eigenvalue weighted by Crippen LogP contribution is 2.36. The van der Waals surface area contributed by atoms with E-state index in [9.17, 15) is 0 Å². The van der Waals surface area contributed by atoms with Crippen LogP contribution in [0.15, 0.2) is 0 Å². The topological polar surface area (TPSA) is 15.3 Å². The van der Waals surface area contributed by atoms with Crippen LogP contribution in [0.25, 0.3) is 0 Å². The van der Waals surface area contributed by atoms with Gasteiger partial charge in [0, 0.05) is 29.4 Å². The zero-order valence-electron chi connectivity index (χ0n) is 5.36. The van der Waals surface area contributed by atoms with Crippen LogP contribution >= 0.6 is 22.9 Å². The van der Waals surface area contributed by atoms with Crippen molar-refractivity contribution in [2.75, 3.05) is 13.1 Å². The fraction of sp³-hybridized carbons (Fsp3) is 1.00. The molecule has 2 saturated heterocycles. The number of nitrogens with zero attached hydrogens (tertiary/aromatic N) is 1. The van der Waals surface area contributed by atoms with Gasteiger partial charge >= 0.3 is 0 Å². The Labute approximate surface area is 69.5 Å². The highest BCUT2D eigenvalue weighted by Gasteiger charge is 2.44. The third-order valence-electron chi connectivity index (χ3n) is 2.40. The van der Waals surface area contributed by atoms with Crippen molar-refractivity contribution >= 4 is 22.9 Å². The maximum atomic E-state index is 3.49. The summed E-state index contributed by atoms with van der Waals surface area (Å²) in [5, 5.41) is 3.49. The third kappa shape index (κ3) is 0.816. The molecule has 0 amide bonds. The minimum atomic E-state index is 0.445. The summed E-state index contributed by atoms with van der Waals surface area (Å²) in [7, 11) is 0. The summed E-state index contributed by atoms with van der Waals surface area (Å²) in [6.07, 6.45) is 4.09. The van der Waals surface area contributed by atoms with E-state index in [1.54, 1.807) is 0 Å². The molecule has 0 aromatic heterocycles. The first-order valence-electron chi connectivity index (χ1n) is 3.52. The SMILES string of the molecule is IN1CCCC12CCN2. The number of hydrogen-bond donors (Lipinski definition) is 1. The van der Waals surface area contributed by atoms with Gasteiger partial charge in [0.1, 0.15) is 0 Å². The van der Waals surface area contributed by atoms with E-state index in [0.29, 0.717) is 5.66 Å². The molecule has 0 aromatic rings. The number of hydrogen-bond acceptors (Lipinski definition) is 2. The minimum absolute atomic E-state index is 0.445. The minimum Gasteiger partial charge on any atom is -0.298 e. The molecule has 1 N–H and O–H groups in total. The maximum absolute atomic E-state index is 3.49. The van der Waals surface area contributed by atoms with Crippen LogP contribution in [0.3, 0.4) is 0 Å². The van der Waals surface area contributed by atoms with Crippen molar-refractivity contribution in [3.8, 4) is 0 Å². The van der Waals surface area contributed by atoms with Gasteiger partial charge in [-0.2, -0.15) is 0 Å². The summed E-state index contributed by atoms with van der Waals surface area (Å²) in [6.45, 7) is 2.49. The second-order valence-corrected chi connectivity index (χ2v) is 4.06. The number of halogens is 1. The lowest BCUT2D eigenvalue weighted by molar-refractivity contribution is 0.125. The van der Waals surface area contributed by atoms with Gasteiger partial charge in [0.15, 0.2) is 0 Å². The lowest BCUT2D eigenvalue weighted by Crippen LogP contribution is -2.61. The molecular weight excluding hydrogens is 227 g/mol. The molecule has 0 radical (unpaired) electrons. The highest BCUT2D eigenvalue weighted by molar-refractivity contribution is 14.1. The first-order chi connectivity index (χ1) is 4.33. The van der Waals surface area contributed by atoms with Crippen LogP contribution in [-0.4, -0.2) is 21.9 Å². The molecule has 1 unspecified atom stereocenters. The molecule has 1 spiro atoms. The first kappa shape index (κ1) is 6.37. The largest absolute Gasteiger partial charge is 0.298 e. The summed E-state index contributed by atoms with van der Waals surface area (Å²) >= 11 is 2.43. The molecule has 2 rings (SSSR count). The van der Waals surface area contributed by atoms with Crippen LogP contribution in [0.1, 0.15) is 19.3 Å². The van der Waals surface area contributed by atoms with Crippen molar-refractivity contribution in [1.29, 1.82) is 0 Å². The molecular formula is C6H11IN2. The molecule has 9 heavy (non-hydrogen) atoms. The van der Waals surface area contributed by atoms with Gasteiger partial charge in [-0.1, -0.05) is 0 Å². The quantitative estimate of drug-likeness (QED) is 0.502. The zero-order chi connectivity index (χ0) is 6.32.